The van der Waals surface area contributed by atoms with Crippen LogP contribution in [0.2, 0.25) is 0 Å². The van der Waals surface area contributed by atoms with Gasteiger partial charge in [0.05, 0.1) is 0 Å². The molecule has 1 amide bonds. The predicted octanol–water partition coefficient (Wildman–Crippen LogP) is 2.04. The first-order valence-corrected chi connectivity index (χ1v) is 4.34. The van der Waals surface area contributed by atoms with Crippen molar-refractivity contribution in [2.75, 3.05) is 5.32 Å². The van der Waals surface area contributed by atoms with Crippen LogP contribution in [-0.4, -0.2) is 15.8 Å². The van der Waals surface area contributed by atoms with Crippen molar-refractivity contribution < 1.29 is 13.6 Å². The van der Waals surface area contributed by atoms with Crippen LogP contribution in [0.5, 0.6) is 0 Å². The molecule has 6 heteroatoms. The van der Waals surface area contributed by atoms with E-state index in [-0.39, 0.29) is 5.69 Å². The van der Waals surface area contributed by atoms with E-state index in [2.05, 4.69) is 16.6 Å². The fourth-order valence-electron chi connectivity index (χ4n) is 1.15. The number of halogens is 2. The number of benzene rings is 1. The van der Waals surface area contributed by atoms with Gasteiger partial charge in [-0.3, -0.25) is 0 Å². The molecule has 0 aliphatic heterocycles. The van der Waals surface area contributed by atoms with E-state index in [0.29, 0.717) is 0 Å². The summed E-state index contributed by atoms with van der Waals surface area (Å²) in [4.78, 5) is 11.4. The topological polar surface area (TPSA) is 46.9 Å². The predicted molar refractivity (Wildman–Crippen MR) is 51.8 cm³/mol. The second kappa shape index (κ2) is 4.09. The lowest BCUT2D eigenvalue weighted by Gasteiger charge is -2.04. The van der Waals surface area contributed by atoms with Gasteiger partial charge in [0.25, 0.3) is 0 Å². The normalized spacial score (nSPS) is 10.1. The highest BCUT2D eigenvalue weighted by Gasteiger charge is 2.06. The van der Waals surface area contributed by atoms with Crippen LogP contribution in [0.3, 0.4) is 0 Å². The first-order chi connectivity index (χ1) is 7.65. The Balaban J connectivity index is 2.18. The van der Waals surface area contributed by atoms with Crippen molar-refractivity contribution in [1.29, 1.82) is 0 Å². The summed E-state index contributed by atoms with van der Waals surface area (Å²) in [6.45, 7) is 0. The van der Waals surface area contributed by atoms with Crippen molar-refractivity contribution in [3.05, 3.63) is 48.3 Å². The van der Waals surface area contributed by atoms with Gasteiger partial charge in [-0.2, -0.15) is 9.78 Å². The summed E-state index contributed by atoms with van der Waals surface area (Å²) in [6, 6.07) is 3.55. The monoisotopic (exact) mass is 222 g/mol. The van der Waals surface area contributed by atoms with E-state index in [1.165, 1.54) is 12.3 Å². The van der Waals surface area contributed by atoms with Crippen LogP contribution in [0.4, 0.5) is 19.3 Å². The van der Waals surface area contributed by atoms with Crippen LogP contribution in [0.25, 0.3) is 0 Å². The quantitative estimate of drug-likeness (QED) is 0.802. The molecule has 2 aromatic rings. The molecule has 4 nitrogen and oxygen atoms in total. The molecule has 1 aromatic heterocycles. The number of rotatable bonds is 1. The maximum absolute atomic E-state index is 12.8. The van der Waals surface area contributed by atoms with Crippen molar-refractivity contribution >= 4 is 11.7 Å². The Bertz CT molecular complexity index is 491. The number of anilines is 1. The van der Waals surface area contributed by atoms with Crippen LogP contribution >= 0.6 is 0 Å². The lowest BCUT2D eigenvalue weighted by molar-refractivity contribution is 0.251. The summed E-state index contributed by atoms with van der Waals surface area (Å²) in [6.07, 6.45) is 3.79. The molecule has 0 spiro atoms. The molecule has 0 aliphatic carbocycles. The fraction of sp³-hybridized carbons (Fsp3) is 0. The molecular weight excluding hydrogens is 216 g/mol. The highest BCUT2D eigenvalue weighted by atomic mass is 19.1. The van der Waals surface area contributed by atoms with Gasteiger partial charge in [-0.25, -0.2) is 13.6 Å². The van der Waals surface area contributed by atoms with Crippen LogP contribution < -0.4 is 5.32 Å². The zero-order valence-electron chi connectivity index (χ0n) is 7.95. The molecule has 1 heterocycles. The van der Waals surface area contributed by atoms with Crippen LogP contribution in [0, 0.1) is 17.8 Å². The molecule has 0 aliphatic rings. The molecule has 81 valence electrons. The van der Waals surface area contributed by atoms with Crippen molar-refractivity contribution in [2.45, 2.75) is 0 Å². The Labute approximate surface area is 89.5 Å². The van der Waals surface area contributed by atoms with Crippen molar-refractivity contribution in [1.82, 2.24) is 9.78 Å². The molecule has 0 unspecified atom stereocenters. The first kappa shape index (κ1) is 10.3. The minimum absolute atomic E-state index is 0.0259. The number of nitrogens with one attached hydrogen (secondary N) is 1. The van der Waals surface area contributed by atoms with Crippen LogP contribution in [0.15, 0.2) is 30.5 Å². The highest BCUT2D eigenvalue weighted by Crippen LogP contribution is 2.12. The van der Waals surface area contributed by atoms with Crippen molar-refractivity contribution in [2.24, 2.45) is 0 Å². The first-order valence-electron chi connectivity index (χ1n) is 4.34. The van der Waals surface area contributed by atoms with Crippen LogP contribution in [-0.2, 0) is 0 Å². The SMILES string of the molecule is O=C(Nc1cc(F)cc(F)c1)n1cc[c]n1. The van der Waals surface area contributed by atoms with Gasteiger partial charge in [0.15, 0.2) is 0 Å². The van der Waals surface area contributed by atoms with Crippen molar-refractivity contribution in [3.8, 4) is 0 Å². The Hall–Kier alpha value is -2.24. The van der Waals surface area contributed by atoms with Gasteiger partial charge in [-0.15, -0.1) is 0 Å². The molecule has 0 fully saturated rings. The Kier molecular flexibility index (Phi) is 2.63. The Morgan fingerprint density at radius 2 is 2.00 bits per heavy atom. The smallest absolute Gasteiger partial charge is 0.306 e. The molecule has 0 saturated heterocycles. The lowest BCUT2D eigenvalue weighted by atomic mass is 10.3. The number of carbonyl (C=O) groups is 1. The molecule has 16 heavy (non-hydrogen) atoms. The highest BCUT2D eigenvalue weighted by molar-refractivity contribution is 5.90. The fourth-order valence-corrected chi connectivity index (χ4v) is 1.15. The van der Waals surface area contributed by atoms with Crippen LogP contribution in [0.1, 0.15) is 0 Å². The summed E-state index contributed by atoms with van der Waals surface area (Å²) in [5.74, 6) is -1.52. The van der Waals surface area contributed by atoms with E-state index in [4.69, 9.17) is 0 Å². The maximum Gasteiger partial charge on any atom is 0.346 e. The zero-order valence-corrected chi connectivity index (χ0v) is 7.95. The van der Waals surface area contributed by atoms with E-state index in [1.807, 2.05) is 0 Å². The Morgan fingerprint density at radius 1 is 1.31 bits per heavy atom. The largest absolute Gasteiger partial charge is 0.346 e. The number of nitrogens with zero attached hydrogens (tertiary/aromatic N) is 2. The summed E-state index contributed by atoms with van der Waals surface area (Å²) in [5, 5.41) is 5.84. The van der Waals surface area contributed by atoms with E-state index >= 15 is 0 Å². The lowest BCUT2D eigenvalue weighted by Crippen LogP contribution is -2.19. The molecule has 1 N–H and O–H groups in total. The summed E-state index contributed by atoms with van der Waals surface area (Å²) < 4.78 is 26.6. The van der Waals surface area contributed by atoms with E-state index < -0.39 is 17.7 Å². The van der Waals surface area contributed by atoms with Gasteiger partial charge in [0.2, 0.25) is 0 Å². The molecule has 0 atom stereocenters. The molecule has 0 saturated carbocycles. The van der Waals surface area contributed by atoms with E-state index in [1.54, 1.807) is 0 Å². The molecule has 1 radical (unpaired) electrons. The number of amides is 1. The molecular formula is C10H6F2N3O. The van der Waals surface area contributed by atoms with Crippen molar-refractivity contribution in [3.63, 3.8) is 0 Å². The van der Waals surface area contributed by atoms with Gasteiger partial charge in [-0.1, -0.05) is 0 Å². The number of hydrogen-bond acceptors (Lipinski definition) is 2. The van der Waals surface area contributed by atoms with Gasteiger partial charge in [0, 0.05) is 18.0 Å². The number of hydrogen-bond donors (Lipinski definition) is 1. The van der Waals surface area contributed by atoms with Gasteiger partial charge in [-0.05, 0) is 18.2 Å². The molecule has 1 aromatic carbocycles. The van der Waals surface area contributed by atoms with Gasteiger partial charge < -0.3 is 5.32 Å². The minimum atomic E-state index is -0.762. The number of carbonyl (C=O) groups excluding carboxylic acids is 1. The standard InChI is InChI=1S/C10H6F2N3O/c11-7-4-8(12)6-9(5-7)14-10(16)15-3-1-2-13-15/h1,3-6H,(H,14,16). The van der Waals surface area contributed by atoms with E-state index in [9.17, 15) is 13.6 Å². The Morgan fingerprint density at radius 3 is 2.56 bits per heavy atom. The summed E-state index contributed by atoms with van der Waals surface area (Å²) in [7, 11) is 0. The number of aromatic nitrogens is 2. The third kappa shape index (κ3) is 2.22. The molecule has 2 rings (SSSR count). The van der Waals surface area contributed by atoms with Gasteiger partial charge >= 0.3 is 6.03 Å². The summed E-state index contributed by atoms with van der Waals surface area (Å²) >= 11 is 0. The maximum atomic E-state index is 12.8. The zero-order chi connectivity index (χ0) is 11.5. The third-order valence-electron chi connectivity index (χ3n) is 1.78. The third-order valence-corrected chi connectivity index (χ3v) is 1.78. The van der Waals surface area contributed by atoms with Gasteiger partial charge in [0.1, 0.15) is 17.8 Å². The van der Waals surface area contributed by atoms with E-state index in [0.717, 1.165) is 22.9 Å². The minimum Gasteiger partial charge on any atom is -0.306 e. The summed E-state index contributed by atoms with van der Waals surface area (Å²) in [5.41, 5.74) is 0.0259. The second-order valence-electron chi connectivity index (χ2n) is 2.98. The average Bonchev–Trinajstić information content (AvgIpc) is 2.68. The molecule has 0 bridgehead atoms. The average molecular weight is 222 g/mol. The second-order valence-corrected chi connectivity index (χ2v) is 2.98.